The van der Waals surface area contributed by atoms with Gasteiger partial charge in [-0.3, -0.25) is 14.5 Å². The van der Waals surface area contributed by atoms with Crippen LogP contribution in [0.15, 0.2) is 54.6 Å². The van der Waals surface area contributed by atoms with E-state index in [0.29, 0.717) is 13.1 Å². The molecule has 0 spiro atoms. The van der Waals surface area contributed by atoms with Crippen molar-refractivity contribution in [1.82, 2.24) is 15.1 Å². The summed E-state index contributed by atoms with van der Waals surface area (Å²) in [6, 6.07) is 17.2. The third-order valence-electron chi connectivity index (χ3n) is 5.20. The average molecular weight is 396 g/mol. The molecule has 1 aliphatic rings. The van der Waals surface area contributed by atoms with Gasteiger partial charge in [0, 0.05) is 32.7 Å². The van der Waals surface area contributed by atoms with Crippen LogP contribution in [0.5, 0.6) is 5.75 Å². The fraction of sp³-hybridized carbons (Fsp3) is 0.391. The number of carbonyl (C=O) groups excluding carboxylic acids is 2. The molecule has 154 valence electrons. The maximum absolute atomic E-state index is 12.7. The largest absolute Gasteiger partial charge is 0.497 e. The first-order valence-corrected chi connectivity index (χ1v) is 10.0. The van der Waals surface area contributed by atoms with Gasteiger partial charge in [0.1, 0.15) is 11.8 Å². The van der Waals surface area contributed by atoms with E-state index in [1.54, 1.807) is 14.0 Å². The van der Waals surface area contributed by atoms with Gasteiger partial charge in [-0.25, -0.2) is 0 Å². The number of ether oxygens (including phenoxy) is 1. The Balaban J connectivity index is 1.43. The van der Waals surface area contributed by atoms with Crippen molar-refractivity contribution in [3.63, 3.8) is 0 Å². The van der Waals surface area contributed by atoms with Crippen LogP contribution in [-0.4, -0.2) is 60.9 Å². The summed E-state index contributed by atoms with van der Waals surface area (Å²) in [7, 11) is 1.61. The molecule has 2 amide bonds. The van der Waals surface area contributed by atoms with Gasteiger partial charge in [0.25, 0.3) is 0 Å². The van der Waals surface area contributed by atoms with Gasteiger partial charge in [-0.05, 0) is 30.2 Å². The molecule has 29 heavy (non-hydrogen) atoms. The Labute approximate surface area is 172 Å². The van der Waals surface area contributed by atoms with Crippen molar-refractivity contribution in [1.29, 1.82) is 0 Å². The van der Waals surface area contributed by atoms with Gasteiger partial charge in [-0.2, -0.15) is 0 Å². The monoisotopic (exact) mass is 395 g/mol. The molecular formula is C23H29N3O3. The minimum absolute atomic E-state index is 0.0209. The lowest BCUT2D eigenvalue weighted by Gasteiger charge is -2.36. The Bertz CT molecular complexity index is 800. The number of piperazine rings is 1. The van der Waals surface area contributed by atoms with Crippen LogP contribution in [0.4, 0.5) is 0 Å². The molecule has 0 bridgehead atoms. The van der Waals surface area contributed by atoms with Gasteiger partial charge in [-0.15, -0.1) is 0 Å². The molecule has 2 aromatic carbocycles. The summed E-state index contributed by atoms with van der Waals surface area (Å²) in [5.41, 5.74) is 2.17. The summed E-state index contributed by atoms with van der Waals surface area (Å²) in [6.45, 7) is 5.70. The van der Waals surface area contributed by atoms with Gasteiger partial charge < -0.3 is 15.0 Å². The predicted molar refractivity (Wildman–Crippen MR) is 113 cm³/mol. The molecule has 6 nitrogen and oxygen atoms in total. The van der Waals surface area contributed by atoms with Gasteiger partial charge in [0.05, 0.1) is 13.5 Å². The highest BCUT2D eigenvalue weighted by Gasteiger charge is 2.25. The lowest BCUT2D eigenvalue weighted by Crippen LogP contribution is -2.54. The van der Waals surface area contributed by atoms with Crippen molar-refractivity contribution in [3.8, 4) is 5.75 Å². The van der Waals surface area contributed by atoms with E-state index in [1.807, 2.05) is 47.4 Å². The smallest absolute Gasteiger partial charge is 0.244 e. The highest BCUT2D eigenvalue weighted by Crippen LogP contribution is 2.12. The lowest BCUT2D eigenvalue weighted by molar-refractivity contribution is -0.137. The Morgan fingerprint density at radius 1 is 0.966 bits per heavy atom. The molecule has 1 fully saturated rings. The van der Waals surface area contributed by atoms with Crippen LogP contribution in [0.1, 0.15) is 18.1 Å². The zero-order valence-electron chi connectivity index (χ0n) is 17.1. The molecule has 0 unspecified atom stereocenters. The highest BCUT2D eigenvalue weighted by molar-refractivity contribution is 5.88. The summed E-state index contributed by atoms with van der Waals surface area (Å²) in [6.07, 6.45) is 0.243. The zero-order chi connectivity index (χ0) is 20.6. The molecule has 6 heteroatoms. The number of methoxy groups -OCH3 is 1. The molecular weight excluding hydrogens is 366 g/mol. The zero-order valence-corrected chi connectivity index (χ0v) is 17.1. The number of carbonyl (C=O) groups is 2. The molecule has 0 saturated carbocycles. The Morgan fingerprint density at radius 3 is 2.24 bits per heavy atom. The topological polar surface area (TPSA) is 61.9 Å². The third-order valence-corrected chi connectivity index (χ3v) is 5.20. The standard InChI is InChI=1S/C23H29N3O3/c1-18(24-22(27)16-19-8-10-21(29-2)11-9-19)23(28)26-14-12-25(13-15-26)17-20-6-4-3-5-7-20/h3-11,18H,12-17H2,1-2H3,(H,24,27)/t18-/m0/s1. The molecule has 2 aromatic rings. The number of rotatable bonds is 7. The quantitative estimate of drug-likeness (QED) is 0.780. The van der Waals surface area contributed by atoms with E-state index in [0.717, 1.165) is 30.9 Å². The summed E-state index contributed by atoms with van der Waals surface area (Å²) in [5.74, 6) is 0.579. The number of nitrogens with zero attached hydrogens (tertiary/aromatic N) is 2. The molecule has 1 heterocycles. The van der Waals surface area contributed by atoms with Crippen LogP contribution in [0.3, 0.4) is 0 Å². The highest BCUT2D eigenvalue weighted by atomic mass is 16.5. The molecule has 0 aliphatic carbocycles. The predicted octanol–water partition coefficient (Wildman–Crippen LogP) is 2.09. The normalized spacial score (nSPS) is 15.6. The number of hydrogen-bond donors (Lipinski definition) is 1. The van der Waals surface area contributed by atoms with Gasteiger partial charge in [0.2, 0.25) is 11.8 Å². The first-order chi connectivity index (χ1) is 14.0. The fourth-order valence-corrected chi connectivity index (χ4v) is 3.52. The van der Waals surface area contributed by atoms with Crippen LogP contribution in [0.25, 0.3) is 0 Å². The summed E-state index contributed by atoms with van der Waals surface area (Å²) in [5, 5.41) is 2.83. The Morgan fingerprint density at radius 2 is 1.62 bits per heavy atom. The molecule has 1 aliphatic heterocycles. The van der Waals surface area contributed by atoms with Crippen molar-refractivity contribution in [3.05, 3.63) is 65.7 Å². The van der Waals surface area contributed by atoms with Crippen molar-refractivity contribution >= 4 is 11.8 Å². The number of nitrogens with one attached hydrogen (secondary N) is 1. The van der Waals surface area contributed by atoms with Gasteiger partial charge >= 0.3 is 0 Å². The van der Waals surface area contributed by atoms with E-state index in [4.69, 9.17) is 4.74 Å². The number of benzene rings is 2. The van der Waals surface area contributed by atoms with Crippen molar-refractivity contribution in [2.45, 2.75) is 25.9 Å². The fourth-order valence-electron chi connectivity index (χ4n) is 3.52. The summed E-state index contributed by atoms with van der Waals surface area (Å²) >= 11 is 0. The van der Waals surface area contributed by atoms with Crippen molar-refractivity contribution < 1.29 is 14.3 Å². The van der Waals surface area contributed by atoms with Crippen molar-refractivity contribution in [2.75, 3.05) is 33.3 Å². The van der Waals surface area contributed by atoms with Gasteiger partial charge in [0.15, 0.2) is 0 Å². The number of hydrogen-bond acceptors (Lipinski definition) is 4. The maximum Gasteiger partial charge on any atom is 0.244 e. The molecule has 0 aromatic heterocycles. The minimum Gasteiger partial charge on any atom is -0.497 e. The minimum atomic E-state index is -0.526. The second kappa shape index (κ2) is 10.1. The van der Waals surface area contributed by atoms with E-state index >= 15 is 0 Å². The lowest BCUT2D eigenvalue weighted by atomic mass is 10.1. The Hall–Kier alpha value is -2.86. The summed E-state index contributed by atoms with van der Waals surface area (Å²) in [4.78, 5) is 29.2. The first-order valence-electron chi connectivity index (χ1n) is 10.0. The second-order valence-electron chi connectivity index (χ2n) is 7.40. The van der Waals surface area contributed by atoms with E-state index in [-0.39, 0.29) is 18.2 Å². The third kappa shape index (κ3) is 6.06. The average Bonchev–Trinajstić information content (AvgIpc) is 2.75. The number of amides is 2. The van der Waals surface area contributed by atoms with Crippen LogP contribution in [0.2, 0.25) is 0 Å². The molecule has 3 rings (SSSR count). The van der Waals surface area contributed by atoms with Crippen LogP contribution < -0.4 is 10.1 Å². The molecule has 1 saturated heterocycles. The van der Waals surface area contributed by atoms with Gasteiger partial charge in [-0.1, -0.05) is 42.5 Å². The van der Waals surface area contributed by atoms with E-state index in [9.17, 15) is 9.59 Å². The molecule has 1 atom stereocenters. The Kier molecular flexibility index (Phi) is 7.25. The van der Waals surface area contributed by atoms with E-state index < -0.39 is 6.04 Å². The van der Waals surface area contributed by atoms with Crippen LogP contribution >= 0.6 is 0 Å². The second-order valence-corrected chi connectivity index (χ2v) is 7.40. The molecule has 1 N–H and O–H groups in total. The first kappa shape index (κ1) is 20.9. The van der Waals surface area contributed by atoms with Crippen LogP contribution in [0, 0.1) is 0 Å². The maximum atomic E-state index is 12.7. The molecule has 0 radical (unpaired) electrons. The van der Waals surface area contributed by atoms with Crippen LogP contribution in [-0.2, 0) is 22.6 Å². The van der Waals surface area contributed by atoms with Crippen molar-refractivity contribution in [2.24, 2.45) is 0 Å². The summed E-state index contributed by atoms with van der Waals surface area (Å²) < 4.78 is 5.12. The van der Waals surface area contributed by atoms with E-state index in [1.165, 1.54) is 5.56 Å². The van der Waals surface area contributed by atoms with E-state index in [2.05, 4.69) is 22.3 Å². The SMILES string of the molecule is COc1ccc(CC(=O)N[C@@H](C)C(=O)N2CCN(Cc3ccccc3)CC2)cc1.